The Hall–Kier alpha value is -2.26. The SMILES string of the molecule is C=CCCC1CCC(c2ccc(CCOC(F)(F)c3ccc(C4CCC(CCC=C)CC4)cc3)cc2)CC1. The standard InChI is InChI=1S/C35H46F2O/c1-3-5-7-27-9-15-30(16-10-27)31-19-13-29(14-20-31)25-26-38-35(36,37)34-23-21-33(22-24-34)32-17-11-28(12-18-32)8-6-4-2/h3-4,13-14,19-24,27-28,30,32H,1-2,5-12,15-18,25-26H2. The molecule has 0 saturated heterocycles. The van der Waals surface area contributed by atoms with Crippen molar-refractivity contribution in [2.45, 2.75) is 101 Å². The lowest BCUT2D eigenvalue weighted by atomic mass is 9.77. The van der Waals surface area contributed by atoms with Crippen molar-refractivity contribution in [2.75, 3.05) is 6.61 Å². The largest absolute Gasteiger partial charge is 0.383 e. The minimum absolute atomic E-state index is 0.00275. The lowest BCUT2D eigenvalue weighted by Gasteiger charge is -2.29. The van der Waals surface area contributed by atoms with Gasteiger partial charge in [0.2, 0.25) is 0 Å². The highest BCUT2D eigenvalue weighted by atomic mass is 19.3. The second-order valence-corrected chi connectivity index (χ2v) is 11.6. The number of hydrogen-bond acceptors (Lipinski definition) is 1. The summed E-state index contributed by atoms with van der Waals surface area (Å²) in [6, 6.07) is 15.4. The van der Waals surface area contributed by atoms with E-state index in [0.29, 0.717) is 18.3 Å². The van der Waals surface area contributed by atoms with Crippen LogP contribution in [0.2, 0.25) is 0 Å². The average molecular weight is 521 g/mol. The molecule has 4 rings (SSSR count). The molecular formula is C35H46F2O. The number of allylic oxidation sites excluding steroid dienone is 2. The van der Waals surface area contributed by atoms with Gasteiger partial charge in [-0.25, -0.2) is 0 Å². The van der Waals surface area contributed by atoms with Gasteiger partial charge < -0.3 is 4.74 Å². The first kappa shape index (κ1) is 28.7. The molecule has 2 aromatic rings. The minimum Gasteiger partial charge on any atom is -0.316 e. The van der Waals surface area contributed by atoms with E-state index in [-0.39, 0.29) is 12.2 Å². The van der Waals surface area contributed by atoms with Gasteiger partial charge in [0.05, 0.1) is 12.2 Å². The third-order valence-corrected chi connectivity index (χ3v) is 9.09. The van der Waals surface area contributed by atoms with E-state index in [9.17, 15) is 8.78 Å². The minimum atomic E-state index is -3.27. The van der Waals surface area contributed by atoms with Crippen LogP contribution in [0.15, 0.2) is 73.8 Å². The molecule has 2 aromatic carbocycles. The highest BCUT2D eigenvalue weighted by molar-refractivity contribution is 5.28. The molecule has 0 N–H and O–H groups in total. The van der Waals surface area contributed by atoms with Gasteiger partial charge in [-0.15, -0.1) is 13.2 Å². The van der Waals surface area contributed by atoms with Gasteiger partial charge >= 0.3 is 6.11 Å². The number of alkyl halides is 2. The van der Waals surface area contributed by atoms with E-state index >= 15 is 0 Å². The molecule has 0 amide bonds. The normalized spacial score (nSPS) is 24.2. The fourth-order valence-corrected chi connectivity index (χ4v) is 6.56. The molecule has 2 aliphatic rings. The van der Waals surface area contributed by atoms with Crippen LogP contribution in [0.1, 0.15) is 111 Å². The Kier molecular flexibility index (Phi) is 10.8. The molecule has 0 radical (unpaired) electrons. The Morgan fingerprint density at radius 2 is 1.13 bits per heavy atom. The van der Waals surface area contributed by atoms with Crippen molar-refractivity contribution in [1.29, 1.82) is 0 Å². The molecule has 1 nitrogen and oxygen atoms in total. The van der Waals surface area contributed by atoms with E-state index < -0.39 is 6.11 Å². The van der Waals surface area contributed by atoms with Crippen molar-refractivity contribution in [1.82, 2.24) is 0 Å². The van der Waals surface area contributed by atoms with Crippen molar-refractivity contribution >= 4 is 0 Å². The van der Waals surface area contributed by atoms with Crippen LogP contribution in [0.25, 0.3) is 0 Å². The highest BCUT2D eigenvalue weighted by Gasteiger charge is 2.33. The Morgan fingerprint density at radius 3 is 1.58 bits per heavy atom. The third kappa shape index (κ3) is 8.12. The van der Waals surface area contributed by atoms with Crippen LogP contribution in [-0.4, -0.2) is 6.61 Å². The number of halogens is 2. The monoisotopic (exact) mass is 520 g/mol. The summed E-state index contributed by atoms with van der Waals surface area (Å²) in [7, 11) is 0. The fraction of sp³-hybridized carbons (Fsp3) is 0.543. The summed E-state index contributed by atoms with van der Waals surface area (Å²) >= 11 is 0. The number of benzene rings is 2. The van der Waals surface area contributed by atoms with Gasteiger partial charge in [-0.05, 0) is 124 Å². The van der Waals surface area contributed by atoms with Gasteiger partial charge in [0, 0.05) is 0 Å². The summed E-state index contributed by atoms with van der Waals surface area (Å²) in [5, 5.41) is 0. The molecule has 0 bridgehead atoms. The van der Waals surface area contributed by atoms with E-state index in [1.807, 2.05) is 24.3 Å². The van der Waals surface area contributed by atoms with Gasteiger partial charge in [-0.3, -0.25) is 0 Å². The number of rotatable bonds is 13. The number of ether oxygens (including phenoxy) is 1. The van der Waals surface area contributed by atoms with Crippen LogP contribution in [0.4, 0.5) is 8.78 Å². The number of hydrogen-bond donors (Lipinski definition) is 0. The maximum Gasteiger partial charge on any atom is 0.383 e. The summed E-state index contributed by atoms with van der Waals surface area (Å²) in [5.74, 6) is 2.73. The highest BCUT2D eigenvalue weighted by Crippen LogP contribution is 2.39. The molecule has 0 heterocycles. The van der Waals surface area contributed by atoms with Gasteiger partial charge in [-0.2, -0.15) is 8.78 Å². The van der Waals surface area contributed by atoms with E-state index in [2.05, 4.69) is 37.4 Å². The summed E-state index contributed by atoms with van der Waals surface area (Å²) in [5.41, 5.74) is 3.55. The quantitative estimate of drug-likeness (QED) is 0.239. The van der Waals surface area contributed by atoms with Crippen molar-refractivity contribution in [3.8, 4) is 0 Å². The van der Waals surface area contributed by atoms with E-state index in [1.54, 1.807) is 12.1 Å². The van der Waals surface area contributed by atoms with Crippen molar-refractivity contribution in [2.24, 2.45) is 11.8 Å². The van der Waals surface area contributed by atoms with Crippen LogP contribution in [0.3, 0.4) is 0 Å². The molecule has 2 fully saturated rings. The predicted octanol–water partition coefficient (Wildman–Crippen LogP) is 10.5. The van der Waals surface area contributed by atoms with Gasteiger partial charge in [0.25, 0.3) is 0 Å². The first-order valence-electron chi connectivity index (χ1n) is 14.9. The maximum absolute atomic E-state index is 14.8. The zero-order chi connectivity index (χ0) is 26.8. The van der Waals surface area contributed by atoms with Gasteiger partial charge in [0.1, 0.15) is 0 Å². The summed E-state index contributed by atoms with van der Waals surface area (Å²) in [6.07, 6.45) is 15.7. The van der Waals surface area contributed by atoms with Crippen molar-refractivity contribution in [3.63, 3.8) is 0 Å². The molecule has 3 heteroatoms. The smallest absolute Gasteiger partial charge is 0.316 e. The maximum atomic E-state index is 14.8. The molecule has 0 atom stereocenters. The topological polar surface area (TPSA) is 9.23 Å². The average Bonchev–Trinajstić information content (AvgIpc) is 2.96. The molecule has 0 unspecified atom stereocenters. The van der Waals surface area contributed by atoms with E-state index in [0.717, 1.165) is 43.1 Å². The second kappa shape index (κ2) is 14.2. The second-order valence-electron chi connectivity index (χ2n) is 11.6. The molecular weight excluding hydrogens is 474 g/mol. The van der Waals surface area contributed by atoms with Crippen LogP contribution in [-0.2, 0) is 17.3 Å². The zero-order valence-corrected chi connectivity index (χ0v) is 23.1. The Labute approximate surface area is 229 Å². The molecule has 38 heavy (non-hydrogen) atoms. The molecule has 0 spiro atoms. The third-order valence-electron chi connectivity index (χ3n) is 9.09. The predicted molar refractivity (Wildman–Crippen MR) is 155 cm³/mol. The van der Waals surface area contributed by atoms with Crippen LogP contribution in [0.5, 0.6) is 0 Å². The molecule has 2 aliphatic carbocycles. The van der Waals surface area contributed by atoms with Crippen LogP contribution in [0, 0.1) is 11.8 Å². The molecule has 206 valence electrons. The van der Waals surface area contributed by atoms with E-state index in [1.165, 1.54) is 62.5 Å². The fourth-order valence-electron chi connectivity index (χ4n) is 6.56. The first-order valence-corrected chi connectivity index (χ1v) is 14.9. The molecule has 0 aliphatic heterocycles. The zero-order valence-electron chi connectivity index (χ0n) is 23.1. The Morgan fingerprint density at radius 1 is 0.684 bits per heavy atom. The molecule has 2 saturated carbocycles. The first-order chi connectivity index (χ1) is 18.5. The van der Waals surface area contributed by atoms with Crippen LogP contribution < -0.4 is 0 Å². The van der Waals surface area contributed by atoms with Crippen LogP contribution >= 0.6 is 0 Å². The lowest BCUT2D eigenvalue weighted by molar-refractivity contribution is -0.248. The van der Waals surface area contributed by atoms with Crippen molar-refractivity contribution in [3.05, 3.63) is 96.1 Å². The summed E-state index contributed by atoms with van der Waals surface area (Å²) < 4.78 is 34.7. The summed E-state index contributed by atoms with van der Waals surface area (Å²) in [4.78, 5) is 0. The van der Waals surface area contributed by atoms with Crippen molar-refractivity contribution < 1.29 is 13.5 Å². The Balaban J connectivity index is 1.21. The summed E-state index contributed by atoms with van der Waals surface area (Å²) in [6.45, 7) is 7.66. The lowest BCUT2D eigenvalue weighted by Crippen LogP contribution is -2.20. The van der Waals surface area contributed by atoms with Gasteiger partial charge in [-0.1, -0.05) is 60.7 Å². The Bertz CT molecular complexity index is 978. The van der Waals surface area contributed by atoms with Gasteiger partial charge in [0.15, 0.2) is 0 Å². The van der Waals surface area contributed by atoms with E-state index in [4.69, 9.17) is 4.74 Å². The molecule has 0 aromatic heterocycles.